The summed E-state index contributed by atoms with van der Waals surface area (Å²) in [6, 6.07) is 0. The van der Waals surface area contributed by atoms with E-state index in [1.165, 1.54) is 6.92 Å². The molecule has 1 fully saturated rings. The molecule has 0 aliphatic carbocycles. The molecule has 0 bridgehead atoms. The van der Waals surface area contributed by atoms with Gasteiger partial charge in [0, 0.05) is 12.5 Å². The van der Waals surface area contributed by atoms with Gasteiger partial charge in [0.25, 0.3) is 0 Å². The third kappa shape index (κ3) is 3.58. The molecular formula is C14H18ClNO6S. The lowest BCUT2D eigenvalue weighted by Crippen LogP contribution is -2.67. The summed E-state index contributed by atoms with van der Waals surface area (Å²) < 4.78 is 22.4. The number of alkyl halides is 1. The first-order valence-electron chi connectivity index (χ1n) is 6.96. The van der Waals surface area contributed by atoms with Crippen molar-refractivity contribution in [2.75, 3.05) is 12.4 Å². The Kier molecular flexibility index (Phi) is 4.86. The Hall–Kier alpha value is -1.41. The van der Waals surface area contributed by atoms with Crippen LogP contribution >= 0.6 is 11.6 Å². The predicted octanol–water partition coefficient (Wildman–Crippen LogP) is 0.683. The van der Waals surface area contributed by atoms with Crippen LogP contribution in [-0.4, -0.2) is 55.7 Å². The summed E-state index contributed by atoms with van der Waals surface area (Å²) in [5, 5.41) is -1.68. The van der Waals surface area contributed by atoms with Gasteiger partial charge in [-0.25, -0.2) is 4.79 Å². The maximum Gasteiger partial charge on any atom is 0.355 e. The Morgan fingerprint density at radius 2 is 2.00 bits per heavy atom. The zero-order chi connectivity index (χ0) is 17.5. The summed E-state index contributed by atoms with van der Waals surface area (Å²) >= 11 is 5.90. The van der Waals surface area contributed by atoms with Crippen LogP contribution in [-0.2, 0) is 34.7 Å². The zero-order valence-electron chi connectivity index (χ0n) is 13.3. The Labute approximate surface area is 141 Å². The first-order chi connectivity index (χ1) is 10.5. The number of esters is 2. The van der Waals surface area contributed by atoms with Crippen LogP contribution in [0.5, 0.6) is 0 Å². The third-order valence-electron chi connectivity index (χ3n) is 3.18. The minimum absolute atomic E-state index is 0.000473. The van der Waals surface area contributed by atoms with Crippen LogP contribution in [0.1, 0.15) is 27.7 Å². The Bertz CT molecular complexity index is 623. The fraction of sp³-hybridized carbons (Fsp3) is 0.643. The van der Waals surface area contributed by atoms with Crippen LogP contribution in [0, 0.1) is 0 Å². The molecule has 1 amide bonds. The molecule has 0 aromatic rings. The van der Waals surface area contributed by atoms with E-state index in [2.05, 4.69) is 0 Å². The fourth-order valence-electron chi connectivity index (χ4n) is 2.28. The van der Waals surface area contributed by atoms with Gasteiger partial charge in [-0.3, -0.25) is 18.7 Å². The van der Waals surface area contributed by atoms with Crippen molar-refractivity contribution in [2.24, 2.45) is 0 Å². The third-order valence-corrected chi connectivity index (χ3v) is 5.41. The summed E-state index contributed by atoms with van der Waals surface area (Å²) in [6.07, 6.45) is 0. The van der Waals surface area contributed by atoms with Crippen LogP contribution in [0.2, 0.25) is 0 Å². The molecule has 2 aliphatic rings. The number of ether oxygens (including phenoxy) is 2. The molecule has 7 nitrogen and oxygen atoms in total. The van der Waals surface area contributed by atoms with Crippen molar-refractivity contribution in [1.82, 2.24) is 4.90 Å². The van der Waals surface area contributed by atoms with Crippen molar-refractivity contribution in [3.63, 3.8) is 0 Å². The number of hydrogen-bond donors (Lipinski definition) is 0. The van der Waals surface area contributed by atoms with E-state index in [9.17, 15) is 18.6 Å². The van der Waals surface area contributed by atoms with Gasteiger partial charge in [-0.15, -0.1) is 11.6 Å². The standard InChI is InChI=1S/C14H18ClNO6S/c1-7(17)21-5-8-6-23(20)12-9(15)11(18)16(12)10(8)13(19)22-14(2,3)4/h9,12H,5-6H2,1-4H3. The summed E-state index contributed by atoms with van der Waals surface area (Å²) in [7, 11) is -1.47. The number of nitrogens with zero attached hydrogens (tertiary/aromatic N) is 1. The summed E-state index contributed by atoms with van der Waals surface area (Å²) in [6.45, 7) is 6.08. The normalized spacial score (nSPS) is 27.3. The molecule has 3 unspecified atom stereocenters. The Morgan fingerprint density at radius 1 is 1.39 bits per heavy atom. The van der Waals surface area contributed by atoms with Gasteiger partial charge in [-0.05, 0) is 20.8 Å². The molecule has 0 aromatic carbocycles. The molecule has 1 saturated heterocycles. The minimum atomic E-state index is -1.47. The van der Waals surface area contributed by atoms with Crippen molar-refractivity contribution in [2.45, 2.75) is 44.0 Å². The highest BCUT2D eigenvalue weighted by Crippen LogP contribution is 2.38. The summed E-state index contributed by atoms with van der Waals surface area (Å²) in [5.41, 5.74) is -0.495. The summed E-state index contributed by atoms with van der Waals surface area (Å²) in [5.74, 6) is -1.78. The van der Waals surface area contributed by atoms with Crippen LogP contribution < -0.4 is 0 Å². The van der Waals surface area contributed by atoms with Gasteiger partial charge in [0.2, 0.25) is 5.91 Å². The van der Waals surface area contributed by atoms with Crippen LogP contribution in [0.25, 0.3) is 0 Å². The van der Waals surface area contributed by atoms with Crippen LogP contribution in [0.4, 0.5) is 0 Å². The highest BCUT2D eigenvalue weighted by atomic mass is 35.5. The molecular weight excluding hydrogens is 346 g/mol. The molecule has 2 rings (SSSR count). The number of carbonyl (C=O) groups excluding carboxylic acids is 3. The van der Waals surface area contributed by atoms with E-state index in [4.69, 9.17) is 21.1 Å². The van der Waals surface area contributed by atoms with Crippen molar-refractivity contribution in [3.05, 3.63) is 11.3 Å². The largest absolute Gasteiger partial charge is 0.461 e. The van der Waals surface area contributed by atoms with Gasteiger partial charge in [0.1, 0.15) is 28.7 Å². The van der Waals surface area contributed by atoms with E-state index in [0.29, 0.717) is 5.57 Å². The van der Waals surface area contributed by atoms with Gasteiger partial charge in [0.05, 0.1) is 16.6 Å². The highest BCUT2D eigenvalue weighted by Gasteiger charge is 2.56. The second-order valence-corrected chi connectivity index (χ2v) is 8.26. The maximum absolute atomic E-state index is 12.5. The van der Waals surface area contributed by atoms with Crippen molar-refractivity contribution in [1.29, 1.82) is 0 Å². The number of amides is 1. The second-order valence-electron chi connectivity index (χ2n) is 6.26. The van der Waals surface area contributed by atoms with Crippen LogP contribution in [0.3, 0.4) is 0 Å². The minimum Gasteiger partial charge on any atom is -0.461 e. The SMILES string of the molecule is CC(=O)OCC1=C(C(=O)OC(C)(C)C)N2C(=O)C(Cl)C2S(=O)C1. The Morgan fingerprint density at radius 3 is 2.52 bits per heavy atom. The fourth-order valence-corrected chi connectivity index (χ4v) is 4.40. The van der Waals surface area contributed by atoms with Crippen molar-refractivity contribution < 1.29 is 28.1 Å². The highest BCUT2D eigenvalue weighted by molar-refractivity contribution is 7.86. The molecule has 0 radical (unpaired) electrons. The number of fused-ring (bicyclic) bond motifs is 1. The monoisotopic (exact) mass is 363 g/mol. The predicted molar refractivity (Wildman–Crippen MR) is 82.8 cm³/mol. The van der Waals surface area contributed by atoms with E-state index in [1.54, 1.807) is 20.8 Å². The van der Waals surface area contributed by atoms with Gasteiger partial charge in [0.15, 0.2) is 0 Å². The number of rotatable bonds is 3. The molecule has 0 saturated carbocycles. The van der Waals surface area contributed by atoms with Gasteiger partial charge in [-0.2, -0.15) is 0 Å². The smallest absolute Gasteiger partial charge is 0.355 e. The second kappa shape index (κ2) is 6.24. The molecule has 23 heavy (non-hydrogen) atoms. The van der Waals surface area contributed by atoms with E-state index >= 15 is 0 Å². The van der Waals surface area contributed by atoms with Gasteiger partial charge < -0.3 is 9.47 Å². The number of β-lactam (4-membered cyclic amide) rings is 1. The average Bonchev–Trinajstić information content (AvgIpc) is 2.41. The molecule has 2 aliphatic heterocycles. The number of carbonyl (C=O) groups is 3. The Balaban J connectivity index is 2.39. The zero-order valence-corrected chi connectivity index (χ0v) is 14.8. The van der Waals surface area contributed by atoms with Crippen LogP contribution in [0.15, 0.2) is 11.3 Å². The molecule has 0 spiro atoms. The lowest BCUT2D eigenvalue weighted by molar-refractivity contribution is -0.157. The van der Waals surface area contributed by atoms with Gasteiger partial charge >= 0.3 is 11.9 Å². The van der Waals surface area contributed by atoms with E-state index in [-0.39, 0.29) is 18.1 Å². The quantitative estimate of drug-likeness (QED) is 0.416. The van der Waals surface area contributed by atoms with E-state index in [1.807, 2.05) is 0 Å². The molecule has 0 N–H and O–H groups in total. The molecule has 0 aromatic heterocycles. The molecule has 2 heterocycles. The summed E-state index contributed by atoms with van der Waals surface area (Å²) in [4.78, 5) is 36.6. The average molecular weight is 364 g/mol. The van der Waals surface area contributed by atoms with E-state index in [0.717, 1.165) is 4.90 Å². The topological polar surface area (TPSA) is 90.0 Å². The molecule has 9 heteroatoms. The first kappa shape index (κ1) is 17.9. The lowest BCUT2D eigenvalue weighted by atomic mass is 10.1. The molecule has 128 valence electrons. The number of hydrogen-bond acceptors (Lipinski definition) is 6. The first-order valence-corrected chi connectivity index (χ1v) is 8.78. The van der Waals surface area contributed by atoms with Crippen molar-refractivity contribution in [3.8, 4) is 0 Å². The molecule has 3 atom stereocenters. The van der Waals surface area contributed by atoms with E-state index < -0.39 is 45.0 Å². The van der Waals surface area contributed by atoms with Crippen molar-refractivity contribution >= 4 is 40.2 Å². The lowest BCUT2D eigenvalue weighted by Gasteiger charge is -2.47. The van der Waals surface area contributed by atoms with Gasteiger partial charge in [-0.1, -0.05) is 0 Å². The maximum atomic E-state index is 12.5. The number of halogens is 1.